The molecule has 1 unspecified atom stereocenters. The Labute approximate surface area is 154 Å². The van der Waals surface area contributed by atoms with Crippen LogP contribution in [0, 0.1) is 0 Å². The average molecular weight is 393 g/mol. The number of hydrogen-bond donors (Lipinski definition) is 2. The molecular formula is C16H25ClN2O5S. The lowest BCUT2D eigenvalue weighted by Gasteiger charge is -2.08. The summed E-state index contributed by atoms with van der Waals surface area (Å²) in [5.41, 5.74) is 7.03. The van der Waals surface area contributed by atoms with E-state index in [-0.39, 0.29) is 30.1 Å². The molecule has 7 nitrogen and oxygen atoms in total. The fourth-order valence-corrected chi connectivity index (χ4v) is 3.22. The lowest BCUT2D eigenvalue weighted by molar-refractivity contribution is -0.137. The first kappa shape index (κ1) is 23.4. The summed E-state index contributed by atoms with van der Waals surface area (Å²) in [4.78, 5) is 22.7. The van der Waals surface area contributed by atoms with E-state index in [9.17, 15) is 18.0 Å². The molecule has 0 aliphatic rings. The van der Waals surface area contributed by atoms with Crippen LogP contribution in [0.4, 0.5) is 0 Å². The zero-order valence-electron chi connectivity index (χ0n) is 14.4. The summed E-state index contributed by atoms with van der Waals surface area (Å²) in [5, 5.41) is 2.78. The zero-order valence-corrected chi connectivity index (χ0v) is 16.0. The van der Waals surface area contributed by atoms with Gasteiger partial charge in [0, 0.05) is 19.0 Å². The molecule has 3 N–H and O–H groups in total. The summed E-state index contributed by atoms with van der Waals surface area (Å²) < 4.78 is 28.0. The summed E-state index contributed by atoms with van der Waals surface area (Å²) in [6.07, 6.45) is 1.00. The Morgan fingerprint density at radius 1 is 1.20 bits per heavy atom. The van der Waals surface area contributed by atoms with Crippen molar-refractivity contribution in [1.29, 1.82) is 0 Å². The number of carbonyl (C=O) groups is 2. The van der Waals surface area contributed by atoms with Gasteiger partial charge < -0.3 is 15.8 Å². The highest BCUT2D eigenvalue weighted by molar-refractivity contribution is 7.91. The van der Waals surface area contributed by atoms with Crippen molar-refractivity contribution in [2.24, 2.45) is 5.73 Å². The maximum atomic E-state index is 11.8. The van der Waals surface area contributed by atoms with Gasteiger partial charge in [-0.25, -0.2) is 8.42 Å². The fourth-order valence-electron chi connectivity index (χ4n) is 1.94. The molecule has 0 spiro atoms. The van der Waals surface area contributed by atoms with Gasteiger partial charge in [-0.15, -0.1) is 12.4 Å². The zero-order chi connectivity index (χ0) is 18.2. The Kier molecular flexibility index (Phi) is 10.3. The molecule has 1 aromatic rings. The van der Waals surface area contributed by atoms with Gasteiger partial charge in [-0.05, 0) is 24.5 Å². The van der Waals surface area contributed by atoms with Gasteiger partial charge in [0.25, 0.3) is 0 Å². The molecule has 0 fully saturated rings. The standard InChI is InChI=1S/C16H24N2O5S.ClH/c1-12(17)3-8-15(19)18-9-13-4-6-14(7-5-13)10-24(21,22)11-16(20)23-2;/h4-7,12H,3,8-11,17H2,1-2H3,(H,18,19);1H. The smallest absolute Gasteiger partial charge is 0.320 e. The topological polar surface area (TPSA) is 116 Å². The number of esters is 1. The molecule has 1 amide bonds. The minimum absolute atomic E-state index is 0. The molecule has 142 valence electrons. The molecule has 0 heterocycles. The van der Waals surface area contributed by atoms with E-state index in [2.05, 4.69) is 10.1 Å². The SMILES string of the molecule is COC(=O)CS(=O)(=O)Cc1ccc(CNC(=O)CCC(C)N)cc1.Cl. The third kappa shape index (κ3) is 10.1. The third-order valence-electron chi connectivity index (χ3n) is 3.29. The van der Waals surface area contributed by atoms with Gasteiger partial charge in [0.1, 0.15) is 5.75 Å². The summed E-state index contributed by atoms with van der Waals surface area (Å²) in [5.74, 6) is -1.72. The number of sulfone groups is 1. The predicted molar refractivity (Wildman–Crippen MR) is 97.9 cm³/mol. The maximum absolute atomic E-state index is 11.8. The molecule has 0 aromatic heterocycles. The van der Waals surface area contributed by atoms with Crippen LogP contribution in [0.5, 0.6) is 0 Å². The van der Waals surface area contributed by atoms with Gasteiger partial charge >= 0.3 is 5.97 Å². The second kappa shape index (κ2) is 11.1. The summed E-state index contributed by atoms with van der Waals surface area (Å²) in [6.45, 7) is 2.22. The number of ether oxygens (including phenoxy) is 1. The van der Waals surface area contributed by atoms with E-state index in [0.29, 0.717) is 24.9 Å². The van der Waals surface area contributed by atoms with Crippen LogP contribution in [0.3, 0.4) is 0 Å². The number of halogens is 1. The van der Waals surface area contributed by atoms with E-state index < -0.39 is 21.6 Å². The number of nitrogens with one attached hydrogen (secondary N) is 1. The molecule has 9 heteroatoms. The van der Waals surface area contributed by atoms with Crippen molar-refractivity contribution < 1.29 is 22.7 Å². The van der Waals surface area contributed by atoms with Crippen molar-refractivity contribution in [2.75, 3.05) is 12.9 Å². The quantitative estimate of drug-likeness (QED) is 0.604. The van der Waals surface area contributed by atoms with Crippen LogP contribution in [0.2, 0.25) is 0 Å². The number of benzene rings is 1. The monoisotopic (exact) mass is 392 g/mol. The normalized spacial score (nSPS) is 12.0. The largest absolute Gasteiger partial charge is 0.468 e. The van der Waals surface area contributed by atoms with Gasteiger partial charge in [-0.3, -0.25) is 9.59 Å². The van der Waals surface area contributed by atoms with Crippen molar-refractivity contribution in [3.63, 3.8) is 0 Å². The highest BCUT2D eigenvalue weighted by atomic mass is 35.5. The highest BCUT2D eigenvalue weighted by Gasteiger charge is 2.17. The molecule has 0 radical (unpaired) electrons. The van der Waals surface area contributed by atoms with Crippen molar-refractivity contribution in [2.45, 2.75) is 38.1 Å². The van der Waals surface area contributed by atoms with E-state index in [4.69, 9.17) is 5.73 Å². The Hall–Kier alpha value is -1.64. The first-order chi connectivity index (χ1) is 11.2. The van der Waals surface area contributed by atoms with Gasteiger partial charge in [0.2, 0.25) is 5.91 Å². The van der Waals surface area contributed by atoms with E-state index >= 15 is 0 Å². The van der Waals surface area contributed by atoms with Crippen molar-refractivity contribution in [3.8, 4) is 0 Å². The second-order valence-electron chi connectivity index (χ2n) is 5.72. The van der Waals surface area contributed by atoms with Crippen LogP contribution < -0.4 is 11.1 Å². The second-order valence-corrected chi connectivity index (χ2v) is 7.78. The Bertz CT molecular complexity index is 660. The Balaban J connectivity index is 0.00000576. The summed E-state index contributed by atoms with van der Waals surface area (Å²) >= 11 is 0. The van der Waals surface area contributed by atoms with Gasteiger partial charge in [0.05, 0.1) is 12.9 Å². The number of rotatable bonds is 9. The fraction of sp³-hybridized carbons (Fsp3) is 0.500. The van der Waals surface area contributed by atoms with Crippen LogP contribution >= 0.6 is 12.4 Å². The molecule has 1 aromatic carbocycles. The lowest BCUT2D eigenvalue weighted by Crippen LogP contribution is -2.25. The number of methoxy groups -OCH3 is 1. The van der Waals surface area contributed by atoms with Crippen LogP contribution in [-0.4, -0.2) is 39.2 Å². The van der Waals surface area contributed by atoms with Gasteiger partial charge in [0.15, 0.2) is 9.84 Å². The molecule has 0 aliphatic heterocycles. The molecule has 1 rings (SSSR count). The van der Waals surface area contributed by atoms with Gasteiger partial charge in [-0.2, -0.15) is 0 Å². The predicted octanol–water partition coefficient (Wildman–Crippen LogP) is 0.940. The van der Waals surface area contributed by atoms with E-state index in [1.54, 1.807) is 24.3 Å². The molecule has 0 saturated carbocycles. The third-order valence-corrected chi connectivity index (χ3v) is 4.74. The van der Waals surface area contributed by atoms with Crippen molar-refractivity contribution >= 4 is 34.1 Å². The summed E-state index contributed by atoms with van der Waals surface area (Å²) in [6, 6.07) is 6.81. The average Bonchev–Trinajstić information content (AvgIpc) is 2.51. The summed E-state index contributed by atoms with van der Waals surface area (Å²) in [7, 11) is -2.41. The number of nitrogens with two attached hydrogens (primary N) is 1. The number of amides is 1. The van der Waals surface area contributed by atoms with E-state index in [1.807, 2.05) is 6.92 Å². The lowest BCUT2D eigenvalue weighted by atomic mass is 10.1. The van der Waals surface area contributed by atoms with Crippen molar-refractivity contribution in [3.05, 3.63) is 35.4 Å². The minimum Gasteiger partial charge on any atom is -0.468 e. The number of hydrogen-bond acceptors (Lipinski definition) is 6. The van der Waals surface area contributed by atoms with E-state index in [0.717, 1.165) is 12.7 Å². The minimum atomic E-state index is -3.56. The van der Waals surface area contributed by atoms with Crippen LogP contribution in [0.1, 0.15) is 30.9 Å². The Morgan fingerprint density at radius 2 is 1.76 bits per heavy atom. The first-order valence-corrected chi connectivity index (χ1v) is 9.41. The molecule has 1 atom stereocenters. The molecule has 0 saturated heterocycles. The Morgan fingerprint density at radius 3 is 2.28 bits per heavy atom. The molecule has 0 aliphatic carbocycles. The highest BCUT2D eigenvalue weighted by Crippen LogP contribution is 2.09. The number of carbonyl (C=O) groups excluding carboxylic acids is 2. The first-order valence-electron chi connectivity index (χ1n) is 7.59. The van der Waals surface area contributed by atoms with E-state index in [1.165, 1.54) is 0 Å². The van der Waals surface area contributed by atoms with Gasteiger partial charge in [-0.1, -0.05) is 24.3 Å². The van der Waals surface area contributed by atoms with Crippen LogP contribution in [0.15, 0.2) is 24.3 Å². The maximum Gasteiger partial charge on any atom is 0.320 e. The molecular weight excluding hydrogens is 368 g/mol. The van der Waals surface area contributed by atoms with Crippen LogP contribution in [0.25, 0.3) is 0 Å². The molecule has 0 bridgehead atoms. The molecule has 25 heavy (non-hydrogen) atoms. The van der Waals surface area contributed by atoms with Crippen molar-refractivity contribution in [1.82, 2.24) is 5.32 Å². The van der Waals surface area contributed by atoms with Crippen LogP contribution in [-0.2, 0) is 36.5 Å².